The summed E-state index contributed by atoms with van der Waals surface area (Å²) in [7, 11) is 0. The lowest BCUT2D eigenvalue weighted by Crippen LogP contribution is -2.14. The van der Waals surface area contributed by atoms with Crippen LogP contribution in [-0.4, -0.2) is 5.91 Å². The molecule has 0 atom stereocenters. The molecule has 19 heavy (non-hydrogen) atoms. The van der Waals surface area contributed by atoms with Gasteiger partial charge in [0, 0.05) is 21.4 Å². The maximum Gasteiger partial charge on any atom is 0.257 e. The molecule has 1 amide bonds. The molecule has 3 N–H and O–H groups in total. The van der Waals surface area contributed by atoms with E-state index in [2.05, 4.69) is 5.32 Å². The first kappa shape index (κ1) is 13.6. The van der Waals surface area contributed by atoms with Crippen LogP contribution in [0, 0.1) is 5.82 Å². The Hall–Kier alpha value is -1.78. The standard InChI is InChI=1S/C13H9Cl2FN2O/c14-7-3-8(15)5-10(4-7)18-13(19)11-2-1-9(16)6-12(11)17/h1-6H,17H2,(H,18,19). The van der Waals surface area contributed by atoms with E-state index in [0.717, 1.165) is 12.1 Å². The van der Waals surface area contributed by atoms with Crippen LogP contribution in [0.5, 0.6) is 0 Å². The van der Waals surface area contributed by atoms with E-state index in [0.29, 0.717) is 15.7 Å². The predicted molar refractivity (Wildman–Crippen MR) is 75.2 cm³/mol. The van der Waals surface area contributed by atoms with Gasteiger partial charge in [0.1, 0.15) is 5.82 Å². The Kier molecular flexibility index (Phi) is 3.93. The van der Waals surface area contributed by atoms with Gasteiger partial charge < -0.3 is 11.1 Å². The molecule has 98 valence electrons. The molecule has 0 fully saturated rings. The van der Waals surface area contributed by atoms with Crippen LogP contribution >= 0.6 is 23.2 Å². The summed E-state index contributed by atoms with van der Waals surface area (Å²) >= 11 is 11.6. The van der Waals surface area contributed by atoms with Crippen molar-refractivity contribution >= 4 is 40.5 Å². The lowest BCUT2D eigenvalue weighted by Gasteiger charge is -2.08. The molecule has 2 aromatic rings. The average molecular weight is 299 g/mol. The van der Waals surface area contributed by atoms with Gasteiger partial charge in [0.15, 0.2) is 0 Å². The summed E-state index contributed by atoms with van der Waals surface area (Å²) in [6, 6.07) is 8.20. The van der Waals surface area contributed by atoms with Crippen molar-refractivity contribution in [1.29, 1.82) is 0 Å². The number of nitrogens with one attached hydrogen (secondary N) is 1. The van der Waals surface area contributed by atoms with Crippen molar-refractivity contribution in [2.45, 2.75) is 0 Å². The number of halogens is 3. The third kappa shape index (κ3) is 3.36. The first-order valence-electron chi connectivity index (χ1n) is 5.28. The molecule has 3 nitrogen and oxygen atoms in total. The molecule has 0 saturated carbocycles. The van der Waals surface area contributed by atoms with Gasteiger partial charge >= 0.3 is 0 Å². The van der Waals surface area contributed by atoms with Gasteiger partial charge in [-0.15, -0.1) is 0 Å². The van der Waals surface area contributed by atoms with Gasteiger partial charge in [0.25, 0.3) is 5.91 Å². The van der Waals surface area contributed by atoms with E-state index in [1.54, 1.807) is 18.2 Å². The van der Waals surface area contributed by atoms with Crippen LogP contribution in [0.15, 0.2) is 36.4 Å². The highest BCUT2D eigenvalue weighted by Crippen LogP contribution is 2.23. The lowest BCUT2D eigenvalue weighted by molar-refractivity contribution is 0.102. The highest BCUT2D eigenvalue weighted by Gasteiger charge is 2.11. The van der Waals surface area contributed by atoms with Crippen LogP contribution in [0.25, 0.3) is 0 Å². The van der Waals surface area contributed by atoms with Crippen LogP contribution in [0.1, 0.15) is 10.4 Å². The highest BCUT2D eigenvalue weighted by atomic mass is 35.5. The molecule has 0 spiro atoms. The van der Waals surface area contributed by atoms with Gasteiger partial charge in [-0.05, 0) is 36.4 Å². The Balaban J connectivity index is 2.25. The fraction of sp³-hybridized carbons (Fsp3) is 0. The summed E-state index contributed by atoms with van der Waals surface area (Å²) < 4.78 is 12.9. The first-order chi connectivity index (χ1) is 8.95. The lowest BCUT2D eigenvalue weighted by atomic mass is 10.1. The molecule has 2 rings (SSSR count). The van der Waals surface area contributed by atoms with Gasteiger partial charge in [0.05, 0.1) is 5.56 Å². The summed E-state index contributed by atoms with van der Waals surface area (Å²) in [6.07, 6.45) is 0. The number of hydrogen-bond acceptors (Lipinski definition) is 2. The molecule has 0 aliphatic heterocycles. The number of benzene rings is 2. The zero-order valence-corrected chi connectivity index (χ0v) is 11.1. The third-order valence-corrected chi connectivity index (χ3v) is 2.82. The van der Waals surface area contributed by atoms with E-state index in [-0.39, 0.29) is 11.3 Å². The second-order valence-corrected chi connectivity index (χ2v) is 4.72. The Morgan fingerprint density at radius 1 is 1.11 bits per heavy atom. The number of rotatable bonds is 2. The molecule has 0 aliphatic rings. The Bertz CT molecular complexity index is 626. The van der Waals surface area contributed by atoms with E-state index in [9.17, 15) is 9.18 Å². The number of nitrogen functional groups attached to an aromatic ring is 1. The second-order valence-electron chi connectivity index (χ2n) is 3.84. The molecule has 0 bridgehead atoms. The average Bonchev–Trinajstić information content (AvgIpc) is 2.26. The summed E-state index contributed by atoms with van der Waals surface area (Å²) in [5, 5.41) is 3.39. The molecule has 0 saturated heterocycles. The monoisotopic (exact) mass is 298 g/mol. The van der Waals surface area contributed by atoms with Crippen LogP contribution in [0.3, 0.4) is 0 Å². The first-order valence-corrected chi connectivity index (χ1v) is 6.04. The summed E-state index contributed by atoms with van der Waals surface area (Å²) in [5.74, 6) is -0.962. The smallest absolute Gasteiger partial charge is 0.257 e. The number of amides is 1. The molecular weight excluding hydrogens is 290 g/mol. The minimum Gasteiger partial charge on any atom is -0.398 e. The van der Waals surface area contributed by atoms with Crippen molar-refractivity contribution in [2.24, 2.45) is 0 Å². The number of hydrogen-bond donors (Lipinski definition) is 2. The number of carbonyl (C=O) groups excluding carboxylic acids is 1. The van der Waals surface area contributed by atoms with E-state index >= 15 is 0 Å². The molecule has 6 heteroatoms. The highest BCUT2D eigenvalue weighted by molar-refractivity contribution is 6.35. The molecule has 0 unspecified atom stereocenters. The van der Waals surface area contributed by atoms with Crippen molar-refractivity contribution in [2.75, 3.05) is 11.1 Å². The fourth-order valence-corrected chi connectivity index (χ4v) is 2.09. The Morgan fingerprint density at radius 2 is 1.74 bits per heavy atom. The molecule has 0 heterocycles. The van der Waals surface area contributed by atoms with Crippen LogP contribution in [-0.2, 0) is 0 Å². The third-order valence-electron chi connectivity index (χ3n) is 2.38. The largest absolute Gasteiger partial charge is 0.398 e. The van der Waals surface area contributed by atoms with Crippen molar-refractivity contribution in [3.05, 3.63) is 57.8 Å². The van der Waals surface area contributed by atoms with Gasteiger partial charge in [-0.2, -0.15) is 0 Å². The topological polar surface area (TPSA) is 55.1 Å². The zero-order chi connectivity index (χ0) is 14.0. The van der Waals surface area contributed by atoms with Crippen LogP contribution < -0.4 is 11.1 Å². The summed E-state index contributed by atoms with van der Waals surface area (Å²) in [5.41, 5.74) is 6.26. The number of nitrogens with two attached hydrogens (primary N) is 1. The van der Waals surface area contributed by atoms with E-state index in [1.165, 1.54) is 6.07 Å². The van der Waals surface area contributed by atoms with Crippen molar-refractivity contribution in [1.82, 2.24) is 0 Å². The van der Waals surface area contributed by atoms with Crippen molar-refractivity contribution in [3.63, 3.8) is 0 Å². The fourth-order valence-electron chi connectivity index (χ4n) is 1.56. The van der Waals surface area contributed by atoms with Gasteiger partial charge in [-0.25, -0.2) is 4.39 Å². The van der Waals surface area contributed by atoms with Crippen LogP contribution in [0.4, 0.5) is 15.8 Å². The minimum absolute atomic E-state index is 0.0608. The maximum absolute atomic E-state index is 12.9. The molecule has 2 aromatic carbocycles. The quantitative estimate of drug-likeness (QED) is 0.824. The van der Waals surface area contributed by atoms with Gasteiger partial charge in [-0.1, -0.05) is 23.2 Å². The molecule has 0 radical (unpaired) electrons. The van der Waals surface area contributed by atoms with Crippen LogP contribution in [0.2, 0.25) is 10.0 Å². The maximum atomic E-state index is 12.9. The number of carbonyl (C=O) groups is 1. The van der Waals surface area contributed by atoms with Crippen molar-refractivity contribution < 1.29 is 9.18 Å². The summed E-state index contributed by atoms with van der Waals surface area (Å²) in [6.45, 7) is 0. The Labute approximate surface area is 119 Å². The Morgan fingerprint density at radius 3 is 2.32 bits per heavy atom. The second kappa shape index (κ2) is 5.47. The normalized spacial score (nSPS) is 10.3. The predicted octanol–water partition coefficient (Wildman–Crippen LogP) is 3.97. The molecule has 0 aliphatic carbocycles. The van der Waals surface area contributed by atoms with Crippen molar-refractivity contribution in [3.8, 4) is 0 Å². The van der Waals surface area contributed by atoms with Gasteiger partial charge in [0.2, 0.25) is 0 Å². The SMILES string of the molecule is Nc1cc(F)ccc1C(=O)Nc1cc(Cl)cc(Cl)c1. The van der Waals surface area contributed by atoms with Gasteiger partial charge in [-0.3, -0.25) is 4.79 Å². The number of anilines is 2. The zero-order valence-electron chi connectivity index (χ0n) is 9.58. The van der Waals surface area contributed by atoms with E-state index < -0.39 is 11.7 Å². The van der Waals surface area contributed by atoms with E-state index in [4.69, 9.17) is 28.9 Å². The molecule has 0 aromatic heterocycles. The summed E-state index contributed by atoms with van der Waals surface area (Å²) in [4.78, 5) is 12.0. The van der Waals surface area contributed by atoms with E-state index in [1.807, 2.05) is 0 Å². The minimum atomic E-state index is -0.500. The molecular formula is C13H9Cl2FN2O.